The number of sulfonamides is 1. The first-order chi connectivity index (χ1) is 9.13. The zero-order chi connectivity index (χ0) is 13.7. The molecule has 0 atom stereocenters. The van der Waals surface area contributed by atoms with E-state index in [1.54, 1.807) is 24.3 Å². The molecule has 0 radical (unpaired) electrons. The van der Waals surface area contributed by atoms with E-state index in [4.69, 9.17) is 0 Å². The maximum Gasteiger partial charge on any atom is 0.266 e. The van der Waals surface area contributed by atoms with Gasteiger partial charge in [0.2, 0.25) is 5.96 Å². The summed E-state index contributed by atoms with van der Waals surface area (Å²) in [5.41, 5.74) is 0.577. The molecule has 0 aromatic heterocycles. The minimum absolute atomic E-state index is 0.264. The number of guanidine groups is 1. The van der Waals surface area contributed by atoms with E-state index in [2.05, 4.69) is 22.0 Å². The Morgan fingerprint density at radius 2 is 1.95 bits per heavy atom. The molecular formula is C13H19N3O2S. The summed E-state index contributed by atoms with van der Waals surface area (Å²) in [6.07, 6.45) is 4.46. The molecule has 0 aliphatic carbocycles. The SMILES string of the molecule is CCCCCCN=C1Nc2ccccc2S(=O)(=O)N1. The number of para-hydroxylation sites is 1. The van der Waals surface area contributed by atoms with Crippen LogP contribution >= 0.6 is 0 Å². The van der Waals surface area contributed by atoms with E-state index in [0.717, 1.165) is 12.8 Å². The maximum absolute atomic E-state index is 12.0. The first-order valence-corrected chi connectivity index (χ1v) is 8.05. The van der Waals surface area contributed by atoms with Crippen LogP contribution in [-0.2, 0) is 10.0 Å². The van der Waals surface area contributed by atoms with Crippen molar-refractivity contribution < 1.29 is 8.42 Å². The van der Waals surface area contributed by atoms with Crippen LogP contribution in [0.3, 0.4) is 0 Å². The van der Waals surface area contributed by atoms with E-state index in [0.29, 0.717) is 18.2 Å². The van der Waals surface area contributed by atoms with Crippen LogP contribution in [0.15, 0.2) is 34.2 Å². The van der Waals surface area contributed by atoms with Gasteiger partial charge in [0.15, 0.2) is 0 Å². The van der Waals surface area contributed by atoms with Gasteiger partial charge in [-0.3, -0.25) is 4.99 Å². The highest BCUT2D eigenvalue weighted by Gasteiger charge is 2.25. The summed E-state index contributed by atoms with van der Waals surface area (Å²) in [6.45, 7) is 2.78. The number of benzene rings is 1. The van der Waals surface area contributed by atoms with Gasteiger partial charge in [-0.25, -0.2) is 13.1 Å². The number of anilines is 1. The average Bonchev–Trinajstić information content (AvgIpc) is 2.38. The largest absolute Gasteiger partial charge is 0.324 e. The number of aliphatic imine (C=N–C) groups is 1. The summed E-state index contributed by atoms with van der Waals surface area (Å²) in [5.74, 6) is 0.315. The van der Waals surface area contributed by atoms with Crippen LogP contribution in [0.4, 0.5) is 5.69 Å². The third-order valence-corrected chi connectivity index (χ3v) is 4.34. The van der Waals surface area contributed by atoms with Gasteiger partial charge in [-0.15, -0.1) is 0 Å². The third-order valence-electron chi connectivity index (χ3n) is 2.94. The zero-order valence-electron chi connectivity index (χ0n) is 11.0. The Morgan fingerprint density at radius 1 is 1.16 bits per heavy atom. The van der Waals surface area contributed by atoms with Gasteiger partial charge in [0.25, 0.3) is 10.0 Å². The number of hydrogen-bond acceptors (Lipinski definition) is 3. The van der Waals surface area contributed by atoms with E-state index < -0.39 is 10.0 Å². The summed E-state index contributed by atoms with van der Waals surface area (Å²) in [6, 6.07) is 6.81. The summed E-state index contributed by atoms with van der Waals surface area (Å²) in [5, 5.41) is 3.00. The number of unbranched alkanes of at least 4 members (excludes halogenated alkanes) is 3. The molecular weight excluding hydrogens is 262 g/mol. The van der Waals surface area contributed by atoms with Gasteiger partial charge in [-0.05, 0) is 18.6 Å². The molecule has 0 amide bonds. The van der Waals surface area contributed by atoms with Gasteiger partial charge < -0.3 is 5.32 Å². The van der Waals surface area contributed by atoms with Crippen LogP contribution in [0.2, 0.25) is 0 Å². The molecule has 0 fully saturated rings. The topological polar surface area (TPSA) is 70.6 Å². The van der Waals surface area contributed by atoms with Crippen molar-refractivity contribution >= 4 is 21.7 Å². The lowest BCUT2D eigenvalue weighted by molar-refractivity contribution is 0.591. The average molecular weight is 281 g/mol. The van der Waals surface area contributed by atoms with Crippen molar-refractivity contribution in [3.8, 4) is 0 Å². The first-order valence-electron chi connectivity index (χ1n) is 6.57. The van der Waals surface area contributed by atoms with E-state index in [1.807, 2.05) is 0 Å². The molecule has 1 aliphatic heterocycles. The van der Waals surface area contributed by atoms with Crippen LogP contribution in [0.1, 0.15) is 32.6 Å². The molecule has 1 heterocycles. The summed E-state index contributed by atoms with van der Waals surface area (Å²) >= 11 is 0. The Morgan fingerprint density at radius 3 is 2.74 bits per heavy atom. The molecule has 0 unspecified atom stereocenters. The fourth-order valence-electron chi connectivity index (χ4n) is 1.94. The molecule has 19 heavy (non-hydrogen) atoms. The third kappa shape index (κ3) is 3.47. The van der Waals surface area contributed by atoms with Crippen molar-refractivity contribution in [1.29, 1.82) is 0 Å². The van der Waals surface area contributed by atoms with Crippen molar-refractivity contribution in [3.63, 3.8) is 0 Å². The Balaban J connectivity index is 2.06. The first kappa shape index (κ1) is 13.9. The van der Waals surface area contributed by atoms with Crippen LogP contribution in [-0.4, -0.2) is 20.9 Å². The van der Waals surface area contributed by atoms with Crippen molar-refractivity contribution in [1.82, 2.24) is 4.72 Å². The summed E-state index contributed by atoms with van der Waals surface area (Å²) in [7, 11) is -3.48. The predicted molar refractivity (Wildman–Crippen MR) is 76.8 cm³/mol. The molecule has 1 aromatic rings. The van der Waals surface area contributed by atoms with Crippen molar-refractivity contribution in [2.75, 3.05) is 11.9 Å². The second-order valence-corrected chi connectivity index (χ2v) is 6.17. The van der Waals surface area contributed by atoms with Gasteiger partial charge in [0.05, 0.1) is 5.69 Å². The van der Waals surface area contributed by atoms with Crippen LogP contribution in [0.25, 0.3) is 0 Å². The summed E-state index contributed by atoms with van der Waals surface area (Å²) < 4.78 is 26.4. The predicted octanol–water partition coefficient (Wildman–Crippen LogP) is 2.33. The van der Waals surface area contributed by atoms with Gasteiger partial charge >= 0.3 is 0 Å². The second kappa shape index (κ2) is 6.06. The molecule has 0 saturated carbocycles. The monoisotopic (exact) mass is 281 g/mol. The van der Waals surface area contributed by atoms with E-state index in [1.165, 1.54) is 12.8 Å². The van der Waals surface area contributed by atoms with E-state index in [-0.39, 0.29) is 4.90 Å². The van der Waals surface area contributed by atoms with Crippen molar-refractivity contribution in [2.45, 2.75) is 37.5 Å². The molecule has 2 rings (SSSR count). The zero-order valence-corrected chi connectivity index (χ0v) is 11.8. The molecule has 1 aromatic carbocycles. The van der Waals surface area contributed by atoms with Crippen LogP contribution in [0, 0.1) is 0 Å². The Bertz CT molecular complexity index is 567. The van der Waals surface area contributed by atoms with E-state index >= 15 is 0 Å². The van der Waals surface area contributed by atoms with E-state index in [9.17, 15) is 8.42 Å². The van der Waals surface area contributed by atoms with Crippen molar-refractivity contribution in [3.05, 3.63) is 24.3 Å². The number of nitrogens with zero attached hydrogens (tertiary/aromatic N) is 1. The molecule has 0 spiro atoms. The molecule has 0 saturated heterocycles. The second-order valence-electron chi connectivity index (χ2n) is 4.52. The Hall–Kier alpha value is -1.56. The van der Waals surface area contributed by atoms with Crippen LogP contribution < -0.4 is 10.0 Å². The number of rotatable bonds is 5. The van der Waals surface area contributed by atoms with Gasteiger partial charge in [0.1, 0.15) is 4.90 Å². The van der Waals surface area contributed by atoms with Gasteiger partial charge in [-0.2, -0.15) is 0 Å². The smallest absolute Gasteiger partial charge is 0.266 e. The highest BCUT2D eigenvalue weighted by atomic mass is 32.2. The number of hydrogen-bond donors (Lipinski definition) is 2. The quantitative estimate of drug-likeness (QED) is 0.814. The standard InChI is InChI=1S/C13H19N3O2S/c1-2-3-4-7-10-14-13-15-11-8-5-6-9-12(11)19(17,18)16-13/h5-6,8-9H,2-4,7,10H2,1H3,(H2,14,15,16). The molecule has 104 valence electrons. The molecule has 0 bridgehead atoms. The Labute approximate surface area is 114 Å². The number of fused-ring (bicyclic) bond motifs is 1. The van der Waals surface area contributed by atoms with Gasteiger partial charge in [-0.1, -0.05) is 38.3 Å². The number of nitrogens with one attached hydrogen (secondary N) is 2. The fourth-order valence-corrected chi connectivity index (χ4v) is 3.09. The maximum atomic E-state index is 12.0. The normalized spacial score (nSPS) is 18.5. The lowest BCUT2D eigenvalue weighted by Crippen LogP contribution is -2.40. The fraction of sp³-hybridized carbons (Fsp3) is 0.462. The molecule has 5 nitrogen and oxygen atoms in total. The Kier molecular flexibility index (Phi) is 4.42. The van der Waals surface area contributed by atoms with Crippen LogP contribution in [0.5, 0.6) is 0 Å². The minimum atomic E-state index is -3.48. The van der Waals surface area contributed by atoms with Gasteiger partial charge in [0, 0.05) is 6.54 Å². The highest BCUT2D eigenvalue weighted by Crippen LogP contribution is 2.23. The lowest BCUT2D eigenvalue weighted by atomic mass is 10.2. The molecule has 2 N–H and O–H groups in total. The molecule has 6 heteroatoms. The molecule has 1 aliphatic rings. The highest BCUT2D eigenvalue weighted by molar-refractivity contribution is 7.90. The lowest BCUT2D eigenvalue weighted by Gasteiger charge is -2.21. The summed E-state index contributed by atoms with van der Waals surface area (Å²) in [4.78, 5) is 4.53. The minimum Gasteiger partial charge on any atom is -0.324 e. The van der Waals surface area contributed by atoms with Crippen molar-refractivity contribution in [2.24, 2.45) is 4.99 Å².